The molecule has 2 atom stereocenters. The predicted octanol–water partition coefficient (Wildman–Crippen LogP) is 1.62. The van der Waals surface area contributed by atoms with Gasteiger partial charge in [-0.3, -0.25) is 0 Å². The maximum absolute atomic E-state index is 14.0. The molecule has 0 aromatic rings. The van der Waals surface area contributed by atoms with Gasteiger partial charge in [0, 0.05) is 0 Å². The Bertz CT molecular complexity index is 390. The number of oxime groups is 1. The second kappa shape index (κ2) is 6.67. The van der Waals surface area contributed by atoms with Crippen LogP contribution in [0.5, 0.6) is 0 Å². The van der Waals surface area contributed by atoms with E-state index in [9.17, 15) is 14.0 Å². The SMILES string of the molecule is CCOC(=O)C1(C(=O)OCC)ON=C(CC)[C@H]1[C@@H](C)F. The third-order valence-electron chi connectivity index (χ3n) is 3.08. The fraction of sp³-hybridized carbons (Fsp3) is 0.769. The van der Waals surface area contributed by atoms with Crippen LogP contribution in [0.4, 0.5) is 4.39 Å². The van der Waals surface area contributed by atoms with Crippen molar-refractivity contribution in [3.63, 3.8) is 0 Å². The summed E-state index contributed by atoms with van der Waals surface area (Å²) in [5, 5.41) is 3.69. The molecule has 20 heavy (non-hydrogen) atoms. The highest BCUT2D eigenvalue weighted by Gasteiger charge is 2.65. The normalized spacial score (nSPS) is 21.6. The second-order valence-electron chi connectivity index (χ2n) is 4.36. The molecule has 0 aliphatic carbocycles. The minimum atomic E-state index is -2.18. The minimum absolute atomic E-state index is 0.0399. The van der Waals surface area contributed by atoms with Crippen molar-refractivity contribution in [3.8, 4) is 0 Å². The number of hydrogen-bond acceptors (Lipinski definition) is 6. The van der Waals surface area contributed by atoms with E-state index < -0.39 is 29.6 Å². The zero-order valence-corrected chi connectivity index (χ0v) is 12.1. The lowest BCUT2D eigenvalue weighted by molar-refractivity contribution is -0.194. The van der Waals surface area contributed by atoms with Gasteiger partial charge >= 0.3 is 17.5 Å². The van der Waals surface area contributed by atoms with Crippen molar-refractivity contribution in [2.24, 2.45) is 11.1 Å². The van der Waals surface area contributed by atoms with Crippen LogP contribution in [0.15, 0.2) is 5.16 Å². The van der Waals surface area contributed by atoms with Crippen LogP contribution in [0, 0.1) is 5.92 Å². The van der Waals surface area contributed by atoms with Crippen LogP contribution in [0.25, 0.3) is 0 Å². The molecule has 1 rings (SSSR count). The molecular weight excluding hydrogens is 269 g/mol. The molecule has 7 heteroatoms. The van der Waals surface area contributed by atoms with Crippen LogP contribution in [-0.2, 0) is 23.9 Å². The minimum Gasteiger partial charge on any atom is -0.462 e. The van der Waals surface area contributed by atoms with Crippen LogP contribution in [0.1, 0.15) is 34.1 Å². The number of halogens is 1. The van der Waals surface area contributed by atoms with E-state index in [4.69, 9.17) is 14.3 Å². The summed E-state index contributed by atoms with van der Waals surface area (Å²) in [7, 11) is 0. The Morgan fingerprint density at radius 1 is 1.30 bits per heavy atom. The van der Waals surface area contributed by atoms with Crippen molar-refractivity contribution in [2.75, 3.05) is 13.2 Å². The summed E-state index contributed by atoms with van der Waals surface area (Å²) >= 11 is 0. The highest BCUT2D eigenvalue weighted by Crippen LogP contribution is 2.37. The first-order valence-corrected chi connectivity index (χ1v) is 6.69. The molecule has 6 nitrogen and oxygen atoms in total. The Morgan fingerprint density at radius 2 is 1.80 bits per heavy atom. The number of hydrogen-bond donors (Lipinski definition) is 0. The van der Waals surface area contributed by atoms with E-state index in [1.807, 2.05) is 0 Å². The lowest BCUT2D eigenvalue weighted by atomic mass is 9.80. The molecule has 0 amide bonds. The summed E-state index contributed by atoms with van der Waals surface area (Å²) in [6.45, 7) is 6.24. The number of nitrogens with zero attached hydrogens (tertiary/aromatic N) is 1. The van der Waals surface area contributed by atoms with Gasteiger partial charge in [0.05, 0.1) is 24.8 Å². The molecule has 0 aromatic carbocycles. The number of ether oxygens (including phenoxy) is 2. The van der Waals surface area contributed by atoms with Gasteiger partial charge in [-0.1, -0.05) is 12.1 Å². The van der Waals surface area contributed by atoms with E-state index in [1.165, 1.54) is 6.92 Å². The first-order valence-electron chi connectivity index (χ1n) is 6.69. The van der Waals surface area contributed by atoms with Crippen molar-refractivity contribution >= 4 is 17.7 Å². The van der Waals surface area contributed by atoms with Crippen LogP contribution in [-0.4, -0.2) is 42.6 Å². The topological polar surface area (TPSA) is 74.2 Å². The third-order valence-corrected chi connectivity index (χ3v) is 3.08. The van der Waals surface area contributed by atoms with Gasteiger partial charge in [0.2, 0.25) is 0 Å². The summed E-state index contributed by atoms with van der Waals surface area (Å²) in [4.78, 5) is 29.4. The number of esters is 2. The fourth-order valence-corrected chi connectivity index (χ4v) is 2.24. The molecule has 0 N–H and O–H groups in total. The molecule has 0 saturated carbocycles. The van der Waals surface area contributed by atoms with Crippen molar-refractivity contribution in [3.05, 3.63) is 0 Å². The Labute approximate surface area is 117 Å². The zero-order valence-electron chi connectivity index (χ0n) is 12.1. The number of carbonyl (C=O) groups excluding carboxylic acids is 2. The first kappa shape index (κ1) is 16.4. The summed E-state index contributed by atoms with van der Waals surface area (Å²) in [6.07, 6.45) is -1.15. The highest BCUT2D eigenvalue weighted by atomic mass is 19.1. The maximum atomic E-state index is 14.0. The Hall–Kier alpha value is -1.66. The quantitative estimate of drug-likeness (QED) is 0.548. The predicted molar refractivity (Wildman–Crippen MR) is 68.9 cm³/mol. The van der Waals surface area contributed by atoms with Gasteiger partial charge in [0.1, 0.15) is 6.17 Å². The second-order valence-corrected chi connectivity index (χ2v) is 4.36. The van der Waals surface area contributed by atoms with Crippen molar-refractivity contribution in [1.29, 1.82) is 0 Å². The summed E-state index contributed by atoms with van der Waals surface area (Å²) in [6, 6.07) is 0. The first-order chi connectivity index (χ1) is 9.45. The molecule has 0 unspecified atom stereocenters. The van der Waals surface area contributed by atoms with Crippen molar-refractivity contribution in [2.45, 2.75) is 45.9 Å². The van der Waals surface area contributed by atoms with E-state index in [1.54, 1.807) is 20.8 Å². The molecule has 0 radical (unpaired) electrons. The van der Waals surface area contributed by atoms with Crippen molar-refractivity contribution in [1.82, 2.24) is 0 Å². The maximum Gasteiger partial charge on any atom is 0.366 e. The van der Waals surface area contributed by atoms with Crippen LogP contribution in [0.2, 0.25) is 0 Å². The van der Waals surface area contributed by atoms with Gasteiger partial charge < -0.3 is 14.3 Å². The van der Waals surface area contributed by atoms with Gasteiger partial charge in [0.15, 0.2) is 0 Å². The van der Waals surface area contributed by atoms with E-state index in [0.717, 1.165) is 0 Å². The average molecular weight is 289 g/mol. The molecule has 1 heterocycles. The lowest BCUT2D eigenvalue weighted by Crippen LogP contribution is -2.57. The van der Waals surface area contributed by atoms with Crippen LogP contribution in [0.3, 0.4) is 0 Å². The molecule has 0 aromatic heterocycles. The molecule has 0 saturated heterocycles. The summed E-state index contributed by atoms with van der Waals surface area (Å²) in [5.74, 6) is -3.08. The molecule has 0 spiro atoms. The lowest BCUT2D eigenvalue weighted by Gasteiger charge is -2.29. The Morgan fingerprint density at radius 3 is 2.15 bits per heavy atom. The summed E-state index contributed by atoms with van der Waals surface area (Å²) < 4.78 is 23.7. The van der Waals surface area contributed by atoms with Gasteiger partial charge in [0.25, 0.3) is 0 Å². The Kier molecular flexibility index (Phi) is 5.47. The molecule has 0 bridgehead atoms. The largest absolute Gasteiger partial charge is 0.462 e. The smallest absolute Gasteiger partial charge is 0.366 e. The van der Waals surface area contributed by atoms with E-state index in [-0.39, 0.29) is 13.2 Å². The number of carbonyl (C=O) groups is 2. The average Bonchev–Trinajstić information content (AvgIpc) is 2.79. The van der Waals surface area contributed by atoms with Crippen LogP contribution >= 0.6 is 0 Å². The standard InChI is InChI=1S/C13H20FNO5/c1-5-9-10(8(4)14)13(20-15-9,11(16)18-6-2)12(17)19-7-3/h8,10H,5-7H2,1-4H3/t8-,10-/m1/s1. The number of rotatable bonds is 6. The van der Waals surface area contributed by atoms with E-state index in [2.05, 4.69) is 5.16 Å². The van der Waals surface area contributed by atoms with Crippen LogP contribution < -0.4 is 0 Å². The van der Waals surface area contributed by atoms with Crippen molar-refractivity contribution < 1.29 is 28.3 Å². The Balaban J connectivity index is 3.24. The van der Waals surface area contributed by atoms with Gasteiger partial charge in [-0.2, -0.15) is 0 Å². The number of alkyl halides is 1. The van der Waals surface area contributed by atoms with Gasteiger partial charge in [-0.25, -0.2) is 14.0 Å². The third kappa shape index (κ3) is 2.62. The zero-order chi connectivity index (χ0) is 15.3. The summed E-state index contributed by atoms with van der Waals surface area (Å²) in [5.41, 5.74) is -1.87. The van der Waals surface area contributed by atoms with Gasteiger partial charge in [-0.05, 0) is 27.2 Å². The molecule has 114 valence electrons. The van der Waals surface area contributed by atoms with E-state index >= 15 is 0 Å². The fourth-order valence-electron chi connectivity index (χ4n) is 2.24. The van der Waals surface area contributed by atoms with E-state index in [0.29, 0.717) is 12.1 Å². The highest BCUT2D eigenvalue weighted by molar-refractivity contribution is 6.10. The molecular formula is C13H20FNO5. The van der Waals surface area contributed by atoms with Gasteiger partial charge in [-0.15, -0.1) is 0 Å². The molecule has 0 fully saturated rings. The monoisotopic (exact) mass is 289 g/mol. The molecule has 1 aliphatic rings. The molecule has 1 aliphatic heterocycles.